The SMILES string of the molecule is CC1CC[C@@]2(OC1)O[C@H]1C[C@H]3C4=CC(=O)C5CCCC[C@]5(C)[C@H]4CC[C@]3(C)[C@H]1[C@@H]2C. The summed E-state index contributed by atoms with van der Waals surface area (Å²) in [7, 11) is 0. The molecule has 5 fully saturated rings. The Morgan fingerprint density at radius 1 is 0.933 bits per heavy atom. The maximum atomic E-state index is 13.2. The average Bonchev–Trinajstić information content (AvgIpc) is 3.15. The van der Waals surface area contributed by atoms with Crippen LogP contribution in [0.25, 0.3) is 0 Å². The van der Waals surface area contributed by atoms with E-state index in [1.807, 2.05) is 0 Å². The summed E-state index contributed by atoms with van der Waals surface area (Å²) in [6.07, 6.45) is 13.2. The van der Waals surface area contributed by atoms with Crippen LogP contribution >= 0.6 is 0 Å². The third-order valence-electron chi connectivity index (χ3n) is 11.1. The standard InChI is InChI=1S/C27H40O3/c1-16-8-12-27(29-15-16)17(2)24-23(30-27)14-21-18-13-22(28)20-7-5-6-10-25(20,3)19(18)9-11-26(21,24)4/h13,16-17,19-21,23-24H,5-12,14-15H2,1-4H3/t16?,17-,19-,20?,21-,23-,24-,25+,26-,27+/m0/s1. The van der Waals surface area contributed by atoms with Gasteiger partial charge in [-0.2, -0.15) is 0 Å². The Hall–Kier alpha value is -0.670. The van der Waals surface area contributed by atoms with Crippen molar-refractivity contribution >= 4 is 5.78 Å². The second kappa shape index (κ2) is 6.44. The van der Waals surface area contributed by atoms with Crippen molar-refractivity contribution in [3.63, 3.8) is 0 Å². The highest BCUT2D eigenvalue weighted by Crippen LogP contribution is 2.70. The van der Waals surface area contributed by atoms with Crippen LogP contribution in [0.15, 0.2) is 11.6 Å². The number of allylic oxidation sites excluding steroid dienone is 2. The molecule has 0 aromatic rings. The lowest BCUT2D eigenvalue weighted by atomic mass is 9.47. The van der Waals surface area contributed by atoms with E-state index in [0.717, 1.165) is 25.9 Å². The Bertz CT molecular complexity index is 777. The van der Waals surface area contributed by atoms with E-state index in [1.54, 1.807) is 0 Å². The zero-order chi connectivity index (χ0) is 20.9. The molecule has 166 valence electrons. The Morgan fingerprint density at radius 2 is 1.77 bits per heavy atom. The summed E-state index contributed by atoms with van der Waals surface area (Å²) in [4.78, 5) is 13.2. The third-order valence-corrected chi connectivity index (χ3v) is 11.1. The zero-order valence-corrected chi connectivity index (χ0v) is 19.4. The molecule has 0 amide bonds. The van der Waals surface area contributed by atoms with Crippen molar-refractivity contribution < 1.29 is 14.3 Å². The second-order valence-electron chi connectivity index (χ2n) is 12.5. The molecule has 6 rings (SSSR count). The number of hydrogen-bond acceptors (Lipinski definition) is 3. The van der Waals surface area contributed by atoms with E-state index < -0.39 is 0 Å². The van der Waals surface area contributed by atoms with Crippen LogP contribution in [-0.2, 0) is 14.3 Å². The highest BCUT2D eigenvalue weighted by molar-refractivity contribution is 5.94. The molecule has 3 saturated carbocycles. The molecule has 0 aromatic carbocycles. The normalized spacial score (nSPS) is 57.4. The number of ether oxygens (including phenoxy) is 2. The fourth-order valence-corrected chi connectivity index (χ4v) is 9.44. The molecule has 6 aliphatic rings. The molecule has 0 N–H and O–H groups in total. The second-order valence-corrected chi connectivity index (χ2v) is 12.5. The van der Waals surface area contributed by atoms with Crippen molar-refractivity contribution in [3.8, 4) is 0 Å². The molecule has 1 spiro atoms. The number of rotatable bonds is 0. The number of ketones is 1. The zero-order valence-electron chi connectivity index (χ0n) is 19.4. The van der Waals surface area contributed by atoms with E-state index >= 15 is 0 Å². The summed E-state index contributed by atoms with van der Waals surface area (Å²) in [5, 5.41) is 0. The van der Waals surface area contributed by atoms with Crippen molar-refractivity contribution in [3.05, 3.63) is 11.6 Å². The Morgan fingerprint density at radius 3 is 2.53 bits per heavy atom. The van der Waals surface area contributed by atoms with Gasteiger partial charge in [0.15, 0.2) is 11.6 Å². The molecule has 0 aromatic heterocycles. The quantitative estimate of drug-likeness (QED) is 0.495. The smallest absolute Gasteiger partial charge is 0.171 e. The summed E-state index contributed by atoms with van der Waals surface area (Å²) in [6, 6.07) is 0. The molecule has 3 heteroatoms. The van der Waals surface area contributed by atoms with Gasteiger partial charge in [0.25, 0.3) is 0 Å². The largest absolute Gasteiger partial charge is 0.349 e. The lowest BCUT2D eigenvalue weighted by molar-refractivity contribution is -0.271. The third kappa shape index (κ3) is 2.43. The van der Waals surface area contributed by atoms with Gasteiger partial charge in [-0.15, -0.1) is 0 Å². The molecule has 2 unspecified atom stereocenters. The first-order valence-corrected chi connectivity index (χ1v) is 12.9. The summed E-state index contributed by atoms with van der Waals surface area (Å²) in [5.74, 6) is 3.17. The van der Waals surface area contributed by atoms with E-state index in [-0.39, 0.29) is 22.5 Å². The van der Waals surface area contributed by atoms with Gasteiger partial charge in [-0.05, 0) is 79.1 Å². The molecular formula is C27H40O3. The van der Waals surface area contributed by atoms with Crippen molar-refractivity contribution in [1.29, 1.82) is 0 Å². The summed E-state index contributed by atoms with van der Waals surface area (Å²) in [5.41, 5.74) is 1.97. The van der Waals surface area contributed by atoms with Crippen LogP contribution < -0.4 is 0 Å². The molecule has 2 aliphatic heterocycles. The van der Waals surface area contributed by atoms with E-state index in [0.29, 0.717) is 41.5 Å². The highest BCUT2D eigenvalue weighted by Gasteiger charge is 2.68. The molecule has 0 bridgehead atoms. The fourth-order valence-electron chi connectivity index (χ4n) is 9.44. The molecule has 2 saturated heterocycles. The Labute approximate surface area is 182 Å². The van der Waals surface area contributed by atoms with E-state index in [2.05, 4.69) is 33.8 Å². The predicted octanol–water partition coefficient (Wildman–Crippen LogP) is 5.92. The van der Waals surface area contributed by atoms with Crippen molar-refractivity contribution in [2.75, 3.05) is 6.61 Å². The topological polar surface area (TPSA) is 35.5 Å². The first kappa shape index (κ1) is 20.0. The number of hydrogen-bond donors (Lipinski definition) is 0. The van der Waals surface area contributed by atoms with Crippen LogP contribution in [0, 0.1) is 46.3 Å². The maximum Gasteiger partial charge on any atom is 0.171 e. The van der Waals surface area contributed by atoms with Crippen molar-refractivity contribution in [2.24, 2.45) is 46.3 Å². The first-order valence-electron chi connectivity index (χ1n) is 12.9. The fraction of sp³-hybridized carbons (Fsp3) is 0.889. The predicted molar refractivity (Wildman–Crippen MR) is 117 cm³/mol. The summed E-state index contributed by atoms with van der Waals surface area (Å²) >= 11 is 0. The summed E-state index contributed by atoms with van der Waals surface area (Å²) < 4.78 is 13.3. The van der Waals surface area contributed by atoms with Gasteiger partial charge in [0.1, 0.15) is 0 Å². The van der Waals surface area contributed by atoms with Gasteiger partial charge in [-0.3, -0.25) is 4.79 Å². The molecule has 2 heterocycles. The van der Waals surface area contributed by atoms with Crippen LogP contribution in [0.3, 0.4) is 0 Å². The van der Waals surface area contributed by atoms with Crippen molar-refractivity contribution in [2.45, 2.75) is 97.4 Å². The lowest BCUT2D eigenvalue weighted by Crippen LogP contribution is -2.52. The average molecular weight is 413 g/mol. The van der Waals surface area contributed by atoms with Crippen LogP contribution in [0.4, 0.5) is 0 Å². The first-order chi connectivity index (χ1) is 14.3. The highest BCUT2D eigenvalue weighted by atomic mass is 16.7. The minimum absolute atomic E-state index is 0.203. The maximum absolute atomic E-state index is 13.2. The molecule has 4 aliphatic carbocycles. The van der Waals surface area contributed by atoms with E-state index in [9.17, 15) is 4.79 Å². The molecule has 30 heavy (non-hydrogen) atoms. The lowest BCUT2D eigenvalue weighted by Gasteiger charge is -2.56. The minimum atomic E-state index is -0.343. The van der Waals surface area contributed by atoms with Gasteiger partial charge in [-0.25, -0.2) is 0 Å². The van der Waals surface area contributed by atoms with Gasteiger partial charge < -0.3 is 9.47 Å². The van der Waals surface area contributed by atoms with Gasteiger partial charge in [0.05, 0.1) is 12.7 Å². The van der Waals surface area contributed by atoms with Crippen molar-refractivity contribution in [1.82, 2.24) is 0 Å². The molecule has 0 radical (unpaired) electrons. The van der Waals surface area contributed by atoms with Crippen LogP contribution in [0.1, 0.15) is 85.5 Å². The van der Waals surface area contributed by atoms with Crippen LogP contribution in [-0.4, -0.2) is 24.3 Å². The van der Waals surface area contributed by atoms with Gasteiger partial charge in [0.2, 0.25) is 0 Å². The number of carbonyl (C=O) groups is 1. The van der Waals surface area contributed by atoms with E-state index in [4.69, 9.17) is 9.47 Å². The Balaban J connectivity index is 1.33. The number of fused-ring (bicyclic) bond motifs is 7. The molecular weight excluding hydrogens is 372 g/mol. The summed E-state index contributed by atoms with van der Waals surface area (Å²) in [6.45, 7) is 10.5. The minimum Gasteiger partial charge on any atom is -0.349 e. The Kier molecular flexibility index (Phi) is 4.29. The van der Waals surface area contributed by atoms with Gasteiger partial charge in [-0.1, -0.05) is 46.1 Å². The monoisotopic (exact) mass is 412 g/mol. The van der Waals surface area contributed by atoms with Crippen LogP contribution in [0.5, 0.6) is 0 Å². The van der Waals surface area contributed by atoms with Gasteiger partial charge in [0, 0.05) is 18.3 Å². The van der Waals surface area contributed by atoms with E-state index in [1.165, 1.54) is 44.1 Å². The number of carbonyl (C=O) groups excluding carboxylic acids is 1. The van der Waals surface area contributed by atoms with Crippen LogP contribution in [0.2, 0.25) is 0 Å². The molecule has 3 nitrogen and oxygen atoms in total. The molecule has 10 atom stereocenters. The van der Waals surface area contributed by atoms with Gasteiger partial charge >= 0.3 is 0 Å².